The van der Waals surface area contributed by atoms with Crippen LogP contribution >= 0.6 is 0 Å². The van der Waals surface area contributed by atoms with Gasteiger partial charge in [0.1, 0.15) is 5.82 Å². The molecule has 1 fully saturated rings. The van der Waals surface area contributed by atoms with Crippen molar-refractivity contribution in [1.82, 2.24) is 15.2 Å². The highest BCUT2D eigenvalue weighted by Gasteiger charge is 2.16. The zero-order valence-electron chi connectivity index (χ0n) is 14.9. The number of hydrogen-bond acceptors (Lipinski definition) is 4. The van der Waals surface area contributed by atoms with Crippen molar-refractivity contribution in [3.05, 3.63) is 23.9 Å². The number of nitrogens with one attached hydrogen (secondary N) is 1. The molecule has 1 saturated heterocycles. The lowest BCUT2D eigenvalue weighted by Crippen LogP contribution is -2.38. The minimum Gasteiger partial charge on any atom is -0.357 e. The molecule has 0 bridgehead atoms. The van der Waals surface area contributed by atoms with Crippen LogP contribution in [-0.2, 0) is 11.3 Å². The number of carbonyl (C=O) groups excluding carboxylic acids is 1. The highest BCUT2D eigenvalue weighted by Crippen LogP contribution is 2.21. The summed E-state index contributed by atoms with van der Waals surface area (Å²) in [5.41, 5.74) is 1.04. The van der Waals surface area contributed by atoms with Gasteiger partial charge < -0.3 is 10.2 Å². The molecule has 1 N–H and O–H groups in total. The predicted octanol–water partition coefficient (Wildman–Crippen LogP) is 2.27. The van der Waals surface area contributed by atoms with Crippen molar-refractivity contribution in [2.24, 2.45) is 5.92 Å². The standard InChI is InChI=1S/C18H30N4O/c1-14(2)21(4)13-18(23)20-12-16-5-6-17(19-11-16)22-9-7-15(3)8-10-22/h5-6,11,14-15H,7-10,12-13H2,1-4H3,(H,20,23). The fourth-order valence-corrected chi connectivity index (χ4v) is 2.61. The molecule has 128 valence electrons. The van der Waals surface area contributed by atoms with Crippen LogP contribution in [0.5, 0.6) is 0 Å². The Morgan fingerprint density at radius 2 is 2.09 bits per heavy atom. The van der Waals surface area contributed by atoms with Crippen LogP contribution in [0.4, 0.5) is 5.82 Å². The van der Waals surface area contributed by atoms with Crippen molar-refractivity contribution in [3.63, 3.8) is 0 Å². The second-order valence-corrected chi connectivity index (χ2v) is 6.98. The summed E-state index contributed by atoms with van der Waals surface area (Å²) >= 11 is 0. The number of amides is 1. The topological polar surface area (TPSA) is 48.5 Å². The second kappa shape index (κ2) is 8.29. The molecule has 5 nitrogen and oxygen atoms in total. The zero-order valence-corrected chi connectivity index (χ0v) is 14.9. The third kappa shape index (κ3) is 5.50. The summed E-state index contributed by atoms with van der Waals surface area (Å²) in [5, 5.41) is 2.96. The van der Waals surface area contributed by atoms with E-state index in [1.165, 1.54) is 12.8 Å². The van der Waals surface area contributed by atoms with Gasteiger partial charge in [-0.05, 0) is 51.3 Å². The summed E-state index contributed by atoms with van der Waals surface area (Å²) in [7, 11) is 1.96. The van der Waals surface area contributed by atoms with Crippen molar-refractivity contribution in [1.29, 1.82) is 0 Å². The summed E-state index contributed by atoms with van der Waals surface area (Å²) in [6.45, 7) is 9.61. The maximum Gasteiger partial charge on any atom is 0.234 e. The summed E-state index contributed by atoms with van der Waals surface area (Å²) in [4.78, 5) is 20.8. The van der Waals surface area contributed by atoms with Gasteiger partial charge in [0, 0.05) is 31.9 Å². The molecule has 1 aliphatic rings. The van der Waals surface area contributed by atoms with Crippen LogP contribution in [0.15, 0.2) is 18.3 Å². The first-order chi connectivity index (χ1) is 11.0. The number of piperidine rings is 1. The van der Waals surface area contributed by atoms with E-state index in [-0.39, 0.29) is 5.91 Å². The van der Waals surface area contributed by atoms with Gasteiger partial charge in [0.2, 0.25) is 5.91 Å². The van der Waals surface area contributed by atoms with Crippen molar-refractivity contribution in [3.8, 4) is 0 Å². The molecular formula is C18H30N4O. The lowest BCUT2D eigenvalue weighted by molar-refractivity contribution is -0.122. The number of pyridine rings is 1. The van der Waals surface area contributed by atoms with Crippen LogP contribution in [-0.4, -0.2) is 48.5 Å². The SMILES string of the molecule is CC1CCN(c2ccc(CNC(=O)CN(C)C(C)C)cn2)CC1. The Morgan fingerprint density at radius 1 is 1.39 bits per heavy atom. The van der Waals surface area contributed by atoms with Crippen LogP contribution in [0.25, 0.3) is 0 Å². The first-order valence-corrected chi connectivity index (χ1v) is 8.62. The Labute approximate surface area is 140 Å². The van der Waals surface area contributed by atoms with E-state index in [2.05, 4.69) is 48.1 Å². The van der Waals surface area contributed by atoms with Gasteiger partial charge in [-0.25, -0.2) is 4.98 Å². The molecule has 2 rings (SSSR count). The molecule has 1 amide bonds. The summed E-state index contributed by atoms with van der Waals surface area (Å²) in [5.74, 6) is 1.92. The van der Waals surface area contributed by atoms with E-state index in [0.29, 0.717) is 19.1 Å². The molecular weight excluding hydrogens is 288 g/mol. The average molecular weight is 318 g/mol. The van der Waals surface area contributed by atoms with Crippen LogP contribution in [0, 0.1) is 5.92 Å². The normalized spacial score (nSPS) is 16.2. The van der Waals surface area contributed by atoms with Crippen molar-refractivity contribution < 1.29 is 4.79 Å². The number of nitrogens with zero attached hydrogens (tertiary/aromatic N) is 3. The molecule has 1 aliphatic heterocycles. The maximum atomic E-state index is 11.9. The highest BCUT2D eigenvalue weighted by atomic mass is 16.2. The zero-order chi connectivity index (χ0) is 16.8. The van der Waals surface area contributed by atoms with Crippen LogP contribution in [0.3, 0.4) is 0 Å². The average Bonchev–Trinajstić information content (AvgIpc) is 2.54. The number of carbonyl (C=O) groups is 1. The molecule has 2 heterocycles. The van der Waals surface area contributed by atoms with E-state index in [9.17, 15) is 4.79 Å². The molecule has 0 unspecified atom stereocenters. The Hall–Kier alpha value is -1.62. The molecule has 23 heavy (non-hydrogen) atoms. The van der Waals surface area contributed by atoms with Crippen LogP contribution in [0.2, 0.25) is 0 Å². The molecule has 0 spiro atoms. The van der Waals surface area contributed by atoms with E-state index in [1.807, 2.05) is 18.1 Å². The third-order valence-electron chi connectivity index (χ3n) is 4.68. The van der Waals surface area contributed by atoms with Gasteiger partial charge in [-0.15, -0.1) is 0 Å². The number of hydrogen-bond donors (Lipinski definition) is 1. The van der Waals surface area contributed by atoms with E-state index >= 15 is 0 Å². The highest BCUT2D eigenvalue weighted by molar-refractivity contribution is 5.78. The smallest absolute Gasteiger partial charge is 0.234 e. The molecule has 5 heteroatoms. The minimum atomic E-state index is 0.0512. The van der Waals surface area contributed by atoms with Crippen LogP contribution in [0.1, 0.15) is 39.2 Å². The lowest BCUT2D eigenvalue weighted by Gasteiger charge is -2.31. The molecule has 1 aromatic heterocycles. The number of anilines is 1. The molecule has 0 aromatic carbocycles. The molecule has 0 saturated carbocycles. The first-order valence-electron chi connectivity index (χ1n) is 8.62. The van der Waals surface area contributed by atoms with Gasteiger partial charge >= 0.3 is 0 Å². The van der Waals surface area contributed by atoms with Gasteiger partial charge in [0.25, 0.3) is 0 Å². The van der Waals surface area contributed by atoms with Gasteiger partial charge in [-0.1, -0.05) is 13.0 Å². The second-order valence-electron chi connectivity index (χ2n) is 6.98. The lowest BCUT2D eigenvalue weighted by atomic mass is 9.99. The molecule has 0 atom stereocenters. The van der Waals surface area contributed by atoms with Crippen molar-refractivity contribution >= 4 is 11.7 Å². The Morgan fingerprint density at radius 3 is 2.65 bits per heavy atom. The quantitative estimate of drug-likeness (QED) is 0.874. The number of aromatic nitrogens is 1. The predicted molar refractivity (Wildman–Crippen MR) is 94.5 cm³/mol. The first kappa shape index (κ1) is 17.7. The summed E-state index contributed by atoms with van der Waals surface area (Å²) < 4.78 is 0. The van der Waals surface area contributed by atoms with E-state index in [4.69, 9.17) is 0 Å². The Bertz CT molecular complexity index is 492. The number of rotatable bonds is 6. The third-order valence-corrected chi connectivity index (χ3v) is 4.68. The summed E-state index contributed by atoms with van der Waals surface area (Å²) in [6.07, 6.45) is 4.35. The van der Waals surface area contributed by atoms with Gasteiger partial charge in [0.05, 0.1) is 6.54 Å². The molecule has 1 aromatic rings. The van der Waals surface area contributed by atoms with Gasteiger partial charge in [-0.3, -0.25) is 9.69 Å². The summed E-state index contributed by atoms with van der Waals surface area (Å²) in [6, 6.07) is 4.50. The largest absolute Gasteiger partial charge is 0.357 e. The monoisotopic (exact) mass is 318 g/mol. The van der Waals surface area contributed by atoms with Crippen molar-refractivity contribution in [2.45, 2.75) is 46.2 Å². The Balaban J connectivity index is 1.80. The van der Waals surface area contributed by atoms with E-state index < -0.39 is 0 Å². The van der Waals surface area contributed by atoms with Gasteiger partial charge in [0.15, 0.2) is 0 Å². The van der Waals surface area contributed by atoms with Crippen molar-refractivity contribution in [2.75, 3.05) is 31.6 Å². The van der Waals surface area contributed by atoms with E-state index in [1.54, 1.807) is 0 Å². The molecule has 0 aliphatic carbocycles. The Kier molecular flexibility index (Phi) is 6.39. The molecule has 0 radical (unpaired) electrons. The van der Waals surface area contributed by atoms with E-state index in [0.717, 1.165) is 30.4 Å². The van der Waals surface area contributed by atoms with Gasteiger partial charge in [-0.2, -0.15) is 0 Å². The maximum absolute atomic E-state index is 11.9. The number of likely N-dealkylation sites (N-methyl/N-ethyl adjacent to an activating group) is 1. The fraction of sp³-hybridized carbons (Fsp3) is 0.667. The fourth-order valence-electron chi connectivity index (χ4n) is 2.61. The van der Waals surface area contributed by atoms with Crippen LogP contribution < -0.4 is 10.2 Å². The minimum absolute atomic E-state index is 0.0512.